The third kappa shape index (κ3) is 5.40. The minimum Gasteiger partial charge on any atom is -0.444 e. The Morgan fingerprint density at radius 1 is 1.12 bits per heavy atom. The van der Waals surface area contributed by atoms with Gasteiger partial charge < -0.3 is 14.5 Å². The maximum atomic E-state index is 13.6. The lowest BCUT2D eigenvalue weighted by molar-refractivity contribution is -0.130. The number of carbonyl (C=O) groups excluding carboxylic acids is 2. The molecule has 1 aliphatic heterocycles. The molecule has 0 unspecified atom stereocenters. The quantitative estimate of drug-likeness (QED) is 0.783. The van der Waals surface area contributed by atoms with Crippen LogP contribution in [0.2, 0.25) is 0 Å². The van der Waals surface area contributed by atoms with Crippen molar-refractivity contribution in [2.24, 2.45) is 0 Å². The Morgan fingerprint density at radius 2 is 1.71 bits per heavy atom. The lowest BCUT2D eigenvalue weighted by Gasteiger charge is -2.35. The largest absolute Gasteiger partial charge is 0.444 e. The molecular weight excluding hydrogens is 331 g/mol. The molecule has 132 valence electrons. The van der Waals surface area contributed by atoms with Gasteiger partial charge in [-0.1, -0.05) is 12.1 Å². The van der Waals surface area contributed by atoms with E-state index in [0.717, 1.165) is 0 Å². The van der Waals surface area contributed by atoms with Gasteiger partial charge in [-0.15, -0.1) is 11.8 Å². The maximum absolute atomic E-state index is 13.6. The van der Waals surface area contributed by atoms with E-state index in [1.54, 1.807) is 28.0 Å². The topological polar surface area (TPSA) is 49.9 Å². The van der Waals surface area contributed by atoms with Gasteiger partial charge in [0.15, 0.2) is 0 Å². The number of amides is 2. The summed E-state index contributed by atoms with van der Waals surface area (Å²) in [7, 11) is 0. The predicted octanol–water partition coefficient (Wildman–Crippen LogP) is 3.00. The van der Waals surface area contributed by atoms with Crippen molar-refractivity contribution in [3.8, 4) is 0 Å². The van der Waals surface area contributed by atoms with Crippen molar-refractivity contribution in [1.82, 2.24) is 9.80 Å². The van der Waals surface area contributed by atoms with E-state index in [0.29, 0.717) is 31.1 Å². The first-order valence-corrected chi connectivity index (χ1v) is 8.88. The SMILES string of the molecule is CC(C)(C)OC(=O)N1CCN(C(=O)CSc2ccccc2F)CC1. The summed E-state index contributed by atoms with van der Waals surface area (Å²) < 4.78 is 18.9. The van der Waals surface area contributed by atoms with Gasteiger partial charge in [0.25, 0.3) is 0 Å². The van der Waals surface area contributed by atoms with E-state index in [1.807, 2.05) is 20.8 Å². The first-order chi connectivity index (χ1) is 11.3. The highest BCUT2D eigenvalue weighted by Crippen LogP contribution is 2.21. The molecule has 1 aliphatic rings. The molecular formula is C17H23FN2O3S. The summed E-state index contributed by atoms with van der Waals surface area (Å²) in [4.78, 5) is 28.0. The number of nitrogens with zero attached hydrogens (tertiary/aromatic N) is 2. The molecule has 0 bridgehead atoms. The van der Waals surface area contributed by atoms with E-state index < -0.39 is 5.60 Å². The van der Waals surface area contributed by atoms with Crippen LogP contribution in [0.3, 0.4) is 0 Å². The molecule has 0 N–H and O–H groups in total. The molecule has 5 nitrogen and oxygen atoms in total. The third-order valence-electron chi connectivity index (χ3n) is 3.47. The van der Waals surface area contributed by atoms with Crippen LogP contribution in [-0.2, 0) is 9.53 Å². The number of ether oxygens (including phenoxy) is 1. The van der Waals surface area contributed by atoms with Gasteiger partial charge in [0, 0.05) is 31.1 Å². The molecule has 1 aromatic rings. The van der Waals surface area contributed by atoms with Crippen molar-refractivity contribution >= 4 is 23.8 Å². The van der Waals surface area contributed by atoms with Gasteiger partial charge in [-0.05, 0) is 32.9 Å². The fraction of sp³-hybridized carbons (Fsp3) is 0.529. The molecule has 0 radical (unpaired) electrons. The number of hydrogen-bond acceptors (Lipinski definition) is 4. The van der Waals surface area contributed by atoms with Crippen molar-refractivity contribution in [3.63, 3.8) is 0 Å². The average Bonchev–Trinajstić information content (AvgIpc) is 2.52. The minimum absolute atomic E-state index is 0.0490. The fourth-order valence-corrected chi connectivity index (χ4v) is 3.10. The van der Waals surface area contributed by atoms with Crippen molar-refractivity contribution in [1.29, 1.82) is 0 Å². The number of halogens is 1. The molecule has 0 aromatic heterocycles. The summed E-state index contributed by atoms with van der Waals surface area (Å²) >= 11 is 1.19. The number of thioether (sulfide) groups is 1. The van der Waals surface area contributed by atoms with E-state index in [-0.39, 0.29) is 23.6 Å². The van der Waals surface area contributed by atoms with Crippen LogP contribution in [0.4, 0.5) is 9.18 Å². The second-order valence-electron chi connectivity index (χ2n) is 6.57. The Balaban J connectivity index is 1.78. The number of piperazine rings is 1. The molecule has 2 amide bonds. The zero-order valence-electron chi connectivity index (χ0n) is 14.3. The van der Waals surface area contributed by atoms with Crippen molar-refractivity contribution < 1.29 is 18.7 Å². The van der Waals surface area contributed by atoms with Gasteiger partial charge in [0.2, 0.25) is 5.91 Å². The molecule has 2 rings (SSSR count). The van der Waals surface area contributed by atoms with E-state index in [4.69, 9.17) is 4.74 Å². The lowest BCUT2D eigenvalue weighted by Crippen LogP contribution is -2.52. The Morgan fingerprint density at radius 3 is 2.29 bits per heavy atom. The first-order valence-electron chi connectivity index (χ1n) is 7.89. The van der Waals surface area contributed by atoms with Crippen molar-refractivity contribution in [3.05, 3.63) is 30.1 Å². The monoisotopic (exact) mass is 354 g/mol. The van der Waals surface area contributed by atoms with E-state index in [1.165, 1.54) is 17.8 Å². The van der Waals surface area contributed by atoms with Crippen molar-refractivity contribution in [2.75, 3.05) is 31.9 Å². The van der Waals surface area contributed by atoms with Gasteiger partial charge in [0.1, 0.15) is 11.4 Å². The van der Waals surface area contributed by atoms with Crippen LogP contribution in [0.15, 0.2) is 29.2 Å². The number of carbonyl (C=O) groups is 2. The minimum atomic E-state index is -0.527. The Bertz CT molecular complexity index is 596. The smallest absolute Gasteiger partial charge is 0.410 e. The van der Waals surface area contributed by atoms with E-state index in [9.17, 15) is 14.0 Å². The Kier molecular flexibility index (Phi) is 6.10. The molecule has 1 saturated heterocycles. The predicted molar refractivity (Wildman–Crippen MR) is 91.5 cm³/mol. The summed E-state index contributed by atoms with van der Waals surface area (Å²) in [5.41, 5.74) is -0.527. The van der Waals surface area contributed by atoms with Gasteiger partial charge in [-0.25, -0.2) is 9.18 Å². The van der Waals surface area contributed by atoms with Crippen LogP contribution in [0.1, 0.15) is 20.8 Å². The first kappa shape index (κ1) is 18.6. The average molecular weight is 354 g/mol. The summed E-state index contributed by atoms with van der Waals surface area (Å²) in [6.07, 6.45) is -0.352. The molecule has 0 aliphatic carbocycles. The molecule has 1 heterocycles. The molecule has 24 heavy (non-hydrogen) atoms. The number of hydrogen-bond donors (Lipinski definition) is 0. The Hall–Kier alpha value is -1.76. The van der Waals surface area contributed by atoms with Crippen LogP contribution in [0.5, 0.6) is 0 Å². The highest BCUT2D eigenvalue weighted by molar-refractivity contribution is 8.00. The molecule has 0 spiro atoms. The highest BCUT2D eigenvalue weighted by atomic mass is 32.2. The molecule has 0 atom stereocenters. The van der Waals surface area contributed by atoms with Gasteiger partial charge >= 0.3 is 6.09 Å². The molecule has 1 aromatic carbocycles. The zero-order valence-corrected chi connectivity index (χ0v) is 15.1. The maximum Gasteiger partial charge on any atom is 0.410 e. The zero-order chi connectivity index (χ0) is 17.7. The van der Waals surface area contributed by atoms with Crippen LogP contribution >= 0.6 is 11.8 Å². The van der Waals surface area contributed by atoms with Crippen molar-refractivity contribution in [2.45, 2.75) is 31.3 Å². The number of benzene rings is 1. The summed E-state index contributed by atoms with van der Waals surface area (Å²) in [6, 6.07) is 6.41. The standard InChI is InChI=1S/C17H23FN2O3S/c1-17(2,3)23-16(22)20-10-8-19(9-11-20)15(21)12-24-14-7-5-4-6-13(14)18/h4-7H,8-12H2,1-3H3. The Labute approximate surface area is 146 Å². The van der Waals surface area contributed by atoms with Gasteiger partial charge in [-0.2, -0.15) is 0 Å². The molecule has 7 heteroatoms. The summed E-state index contributed by atoms with van der Waals surface area (Å²) in [5, 5.41) is 0. The normalized spacial score (nSPS) is 15.3. The fourth-order valence-electron chi connectivity index (χ4n) is 2.26. The van der Waals surface area contributed by atoms with Crippen LogP contribution < -0.4 is 0 Å². The summed E-state index contributed by atoms with van der Waals surface area (Å²) in [6.45, 7) is 7.31. The van der Waals surface area contributed by atoms with Crippen LogP contribution in [0.25, 0.3) is 0 Å². The van der Waals surface area contributed by atoms with Crippen LogP contribution in [-0.4, -0.2) is 59.3 Å². The third-order valence-corrected chi connectivity index (χ3v) is 4.51. The summed E-state index contributed by atoms with van der Waals surface area (Å²) in [5.74, 6) is -0.176. The van der Waals surface area contributed by atoms with Gasteiger partial charge in [-0.3, -0.25) is 4.79 Å². The molecule has 0 saturated carbocycles. The lowest BCUT2D eigenvalue weighted by atomic mass is 10.2. The van der Waals surface area contributed by atoms with E-state index in [2.05, 4.69) is 0 Å². The highest BCUT2D eigenvalue weighted by Gasteiger charge is 2.27. The molecule has 1 fully saturated rings. The second kappa shape index (κ2) is 7.88. The van der Waals surface area contributed by atoms with Gasteiger partial charge in [0.05, 0.1) is 5.75 Å². The second-order valence-corrected chi connectivity index (χ2v) is 7.58. The van der Waals surface area contributed by atoms with Crippen LogP contribution in [0, 0.1) is 5.82 Å². The number of rotatable bonds is 3. The van der Waals surface area contributed by atoms with E-state index >= 15 is 0 Å².